The van der Waals surface area contributed by atoms with Gasteiger partial charge in [-0.05, 0) is 62.8 Å². The summed E-state index contributed by atoms with van der Waals surface area (Å²) in [6, 6.07) is 13.7. The summed E-state index contributed by atoms with van der Waals surface area (Å²) in [5.41, 5.74) is 1.75. The van der Waals surface area contributed by atoms with E-state index in [-0.39, 0.29) is 11.8 Å². The van der Waals surface area contributed by atoms with Gasteiger partial charge < -0.3 is 14.9 Å². The van der Waals surface area contributed by atoms with E-state index in [2.05, 4.69) is 37.4 Å². The molecule has 2 aromatic carbocycles. The lowest BCUT2D eigenvalue weighted by atomic mass is 9.89. The van der Waals surface area contributed by atoms with Gasteiger partial charge in [-0.3, -0.25) is 14.9 Å². The van der Waals surface area contributed by atoms with Crippen molar-refractivity contribution in [3.8, 4) is 5.75 Å². The number of nitrogens with one attached hydrogen (secondary N) is 1. The van der Waals surface area contributed by atoms with Crippen molar-refractivity contribution < 1.29 is 24.5 Å². The van der Waals surface area contributed by atoms with E-state index in [1.165, 1.54) is 11.1 Å². The summed E-state index contributed by atoms with van der Waals surface area (Å²) < 4.78 is 5.90. The Morgan fingerprint density at radius 3 is 2.22 bits per heavy atom. The van der Waals surface area contributed by atoms with Crippen molar-refractivity contribution in [3.63, 3.8) is 0 Å². The topological polar surface area (TPSA) is 95.9 Å². The highest BCUT2D eigenvalue weighted by Crippen LogP contribution is 2.53. The number of carbonyl (C=O) groups is 2. The molecule has 0 saturated heterocycles. The zero-order valence-corrected chi connectivity index (χ0v) is 19.4. The second kappa shape index (κ2) is 8.94. The maximum Gasteiger partial charge on any atom is 0.324 e. The number of carboxylic acids is 2. The van der Waals surface area contributed by atoms with Crippen LogP contribution in [-0.2, 0) is 16.2 Å². The minimum Gasteiger partial charge on any atom is -0.489 e. The third-order valence-corrected chi connectivity index (χ3v) is 6.10. The van der Waals surface area contributed by atoms with Crippen molar-refractivity contribution in [2.24, 2.45) is 5.92 Å². The average Bonchev–Trinajstić information content (AvgIpc) is 3.40. The Kier molecular flexibility index (Phi) is 6.65. The van der Waals surface area contributed by atoms with E-state index >= 15 is 0 Å². The van der Waals surface area contributed by atoms with Gasteiger partial charge in [0, 0.05) is 5.92 Å². The molecule has 6 nitrogen and oxygen atoms in total. The highest BCUT2D eigenvalue weighted by molar-refractivity contribution is 5.88. The molecule has 0 spiro atoms. The van der Waals surface area contributed by atoms with Crippen LogP contribution < -0.4 is 10.1 Å². The zero-order chi connectivity index (χ0) is 23.7. The molecular formula is C26H33NO5. The summed E-state index contributed by atoms with van der Waals surface area (Å²) >= 11 is 0. The van der Waals surface area contributed by atoms with Crippen LogP contribution >= 0.6 is 0 Å². The smallest absolute Gasteiger partial charge is 0.324 e. The first kappa shape index (κ1) is 23.8. The Balaban J connectivity index is 1.71. The Labute approximate surface area is 189 Å². The molecule has 1 saturated carbocycles. The van der Waals surface area contributed by atoms with Crippen LogP contribution in [0.5, 0.6) is 5.75 Å². The Bertz CT molecular complexity index is 980. The third kappa shape index (κ3) is 5.13. The first-order valence-corrected chi connectivity index (χ1v) is 11.0. The van der Waals surface area contributed by atoms with Crippen molar-refractivity contribution in [2.75, 3.05) is 0 Å². The van der Waals surface area contributed by atoms with Crippen molar-refractivity contribution in [2.45, 2.75) is 71.1 Å². The highest BCUT2D eigenvalue weighted by Gasteiger charge is 2.64. The van der Waals surface area contributed by atoms with Gasteiger partial charge in [-0.25, -0.2) is 0 Å². The fraction of sp³-hybridized carbons (Fsp3) is 0.462. The molecule has 1 aliphatic rings. The molecule has 1 unspecified atom stereocenters. The molecule has 0 bridgehead atoms. The number of benzene rings is 2. The van der Waals surface area contributed by atoms with Crippen LogP contribution in [0.25, 0.3) is 0 Å². The zero-order valence-electron chi connectivity index (χ0n) is 19.4. The predicted molar refractivity (Wildman–Crippen MR) is 123 cm³/mol. The van der Waals surface area contributed by atoms with Crippen molar-refractivity contribution in [1.29, 1.82) is 0 Å². The van der Waals surface area contributed by atoms with Gasteiger partial charge in [0.05, 0.1) is 0 Å². The summed E-state index contributed by atoms with van der Waals surface area (Å²) in [5.74, 6) is -1.53. The van der Waals surface area contributed by atoms with Gasteiger partial charge in [0.2, 0.25) is 0 Å². The van der Waals surface area contributed by atoms with Gasteiger partial charge in [0.25, 0.3) is 0 Å². The molecule has 32 heavy (non-hydrogen) atoms. The minimum absolute atomic E-state index is 0.111. The van der Waals surface area contributed by atoms with E-state index in [1.807, 2.05) is 38.1 Å². The standard InChI is InChI=1S/C26H33NO5/c1-16(2)13-25(5,23(28)29)27-26(24(30)31)14-22(26)20-6-8-21(9-7-20)32-15-19-11-17(3)10-18(4)12-19/h6-12,16,22,27H,13-15H2,1-5H3,(H,28,29)(H,30,31)/t22-,25?,26+/m0/s1. The highest BCUT2D eigenvalue weighted by atomic mass is 16.5. The molecule has 0 aliphatic heterocycles. The molecule has 3 rings (SSSR count). The Hall–Kier alpha value is -2.86. The summed E-state index contributed by atoms with van der Waals surface area (Å²) in [6.45, 7) is 9.99. The number of rotatable bonds is 10. The van der Waals surface area contributed by atoms with E-state index in [0.717, 1.165) is 11.1 Å². The number of aliphatic carboxylic acids is 2. The lowest BCUT2D eigenvalue weighted by Gasteiger charge is -2.32. The number of hydrogen-bond donors (Lipinski definition) is 3. The minimum atomic E-state index is -1.31. The Morgan fingerprint density at radius 2 is 1.72 bits per heavy atom. The van der Waals surface area contributed by atoms with E-state index in [1.54, 1.807) is 6.92 Å². The molecule has 3 atom stereocenters. The van der Waals surface area contributed by atoms with Gasteiger partial charge in [-0.1, -0.05) is 55.3 Å². The van der Waals surface area contributed by atoms with Crippen molar-refractivity contribution in [3.05, 3.63) is 64.7 Å². The predicted octanol–water partition coefficient (Wildman–Crippen LogP) is 4.67. The second-order valence-electron chi connectivity index (χ2n) is 9.75. The fourth-order valence-electron chi connectivity index (χ4n) is 4.71. The molecule has 0 aromatic heterocycles. The number of hydrogen-bond acceptors (Lipinski definition) is 4. The molecule has 0 radical (unpaired) electrons. The van der Waals surface area contributed by atoms with E-state index in [0.29, 0.717) is 25.2 Å². The number of aryl methyl sites for hydroxylation is 2. The van der Waals surface area contributed by atoms with Crippen molar-refractivity contribution in [1.82, 2.24) is 5.32 Å². The SMILES string of the molecule is Cc1cc(C)cc(COc2ccc([C@@H]3C[C@]3(NC(C)(CC(C)C)C(=O)O)C(=O)O)cc2)c1. The van der Waals surface area contributed by atoms with Crippen molar-refractivity contribution >= 4 is 11.9 Å². The summed E-state index contributed by atoms with van der Waals surface area (Å²) in [4.78, 5) is 24.1. The van der Waals surface area contributed by atoms with Crippen LogP contribution in [0.2, 0.25) is 0 Å². The van der Waals surface area contributed by atoms with Gasteiger partial charge >= 0.3 is 11.9 Å². The normalized spacial score (nSPS) is 21.8. The summed E-state index contributed by atoms with van der Waals surface area (Å²) in [6.07, 6.45) is 0.696. The summed E-state index contributed by atoms with van der Waals surface area (Å²) in [7, 11) is 0. The fourth-order valence-corrected chi connectivity index (χ4v) is 4.71. The second-order valence-corrected chi connectivity index (χ2v) is 9.75. The van der Waals surface area contributed by atoms with Gasteiger partial charge in [-0.2, -0.15) is 0 Å². The quantitative estimate of drug-likeness (QED) is 0.498. The van der Waals surface area contributed by atoms with E-state index in [9.17, 15) is 19.8 Å². The van der Waals surface area contributed by atoms with E-state index < -0.39 is 23.0 Å². The molecule has 172 valence electrons. The Morgan fingerprint density at radius 1 is 1.12 bits per heavy atom. The number of carboxylic acid groups (broad SMARTS) is 2. The molecule has 0 amide bonds. The van der Waals surface area contributed by atoms with Gasteiger partial charge in [0.1, 0.15) is 23.4 Å². The molecule has 1 aliphatic carbocycles. The first-order chi connectivity index (χ1) is 14.9. The molecule has 6 heteroatoms. The van der Waals surface area contributed by atoms with Crippen LogP contribution in [0.3, 0.4) is 0 Å². The maximum absolute atomic E-state index is 12.2. The molecule has 2 aromatic rings. The lowest BCUT2D eigenvalue weighted by Crippen LogP contribution is -2.58. The van der Waals surface area contributed by atoms with Gasteiger partial charge in [-0.15, -0.1) is 0 Å². The number of ether oxygens (including phenoxy) is 1. The first-order valence-electron chi connectivity index (χ1n) is 11.0. The molecule has 1 fully saturated rings. The molecular weight excluding hydrogens is 406 g/mol. The van der Waals surface area contributed by atoms with Crippen LogP contribution in [0.4, 0.5) is 0 Å². The van der Waals surface area contributed by atoms with Crippen LogP contribution in [-0.4, -0.2) is 33.2 Å². The monoisotopic (exact) mass is 439 g/mol. The van der Waals surface area contributed by atoms with Crippen LogP contribution in [0.1, 0.15) is 61.8 Å². The third-order valence-electron chi connectivity index (χ3n) is 6.10. The lowest BCUT2D eigenvalue weighted by molar-refractivity contribution is -0.148. The average molecular weight is 440 g/mol. The van der Waals surface area contributed by atoms with E-state index in [4.69, 9.17) is 4.74 Å². The van der Waals surface area contributed by atoms with Crippen LogP contribution in [0.15, 0.2) is 42.5 Å². The van der Waals surface area contributed by atoms with Crippen LogP contribution in [0, 0.1) is 19.8 Å². The summed E-state index contributed by atoms with van der Waals surface area (Å²) in [5, 5.41) is 22.7. The molecule has 0 heterocycles. The maximum atomic E-state index is 12.2. The largest absolute Gasteiger partial charge is 0.489 e. The molecule has 3 N–H and O–H groups in total. The van der Waals surface area contributed by atoms with Gasteiger partial charge in [0.15, 0.2) is 0 Å².